The third-order valence-electron chi connectivity index (χ3n) is 3.12. The summed E-state index contributed by atoms with van der Waals surface area (Å²) in [5.74, 6) is 1.72. The fraction of sp³-hybridized carbons (Fsp3) is 0.375. The van der Waals surface area contributed by atoms with Gasteiger partial charge in [-0.05, 0) is 30.0 Å². The van der Waals surface area contributed by atoms with Gasteiger partial charge in [0, 0.05) is 12.2 Å². The fourth-order valence-electron chi connectivity index (χ4n) is 1.86. The highest BCUT2D eigenvalue weighted by Gasteiger charge is 2.06. The van der Waals surface area contributed by atoms with Crippen LogP contribution in [0.2, 0.25) is 5.02 Å². The van der Waals surface area contributed by atoms with Crippen LogP contribution in [-0.2, 0) is 0 Å². The molecule has 0 radical (unpaired) electrons. The Hall–Kier alpha value is -1.81. The number of nitrogens with zero attached hydrogens (tertiary/aromatic N) is 2. The molecule has 5 heteroatoms. The molecular weight excluding hydrogens is 284 g/mol. The molecular formula is C16H21ClN4. The zero-order valence-corrected chi connectivity index (χ0v) is 13.4. The van der Waals surface area contributed by atoms with Crippen LogP contribution in [0.4, 0.5) is 17.5 Å². The summed E-state index contributed by atoms with van der Waals surface area (Å²) in [6.07, 6.45) is 2.63. The highest BCUT2D eigenvalue weighted by atomic mass is 35.5. The highest BCUT2D eigenvalue weighted by Crippen LogP contribution is 2.25. The number of anilines is 3. The molecule has 0 fully saturated rings. The number of halogens is 1. The lowest BCUT2D eigenvalue weighted by Gasteiger charge is -2.11. The van der Waals surface area contributed by atoms with Crippen LogP contribution in [0.1, 0.15) is 38.7 Å². The molecule has 0 saturated heterocycles. The quantitative estimate of drug-likeness (QED) is 0.803. The molecule has 0 bridgehead atoms. The monoisotopic (exact) mass is 304 g/mol. The molecule has 0 amide bonds. The van der Waals surface area contributed by atoms with Crippen LogP contribution in [0.3, 0.4) is 0 Å². The Morgan fingerprint density at radius 2 is 1.90 bits per heavy atom. The van der Waals surface area contributed by atoms with Crippen LogP contribution in [0.5, 0.6) is 0 Å². The summed E-state index contributed by atoms with van der Waals surface area (Å²) < 4.78 is 0. The van der Waals surface area contributed by atoms with E-state index in [1.54, 1.807) is 6.20 Å². The molecule has 0 aliphatic heterocycles. The highest BCUT2D eigenvalue weighted by molar-refractivity contribution is 6.32. The lowest BCUT2D eigenvalue weighted by atomic mass is 10.0. The van der Waals surface area contributed by atoms with Gasteiger partial charge in [-0.2, -0.15) is 4.98 Å². The average Bonchev–Trinajstić information content (AvgIpc) is 2.48. The summed E-state index contributed by atoms with van der Waals surface area (Å²) in [5.41, 5.74) is 2.26. The smallest absolute Gasteiger partial charge is 0.224 e. The van der Waals surface area contributed by atoms with Gasteiger partial charge >= 0.3 is 0 Å². The first-order valence-corrected chi connectivity index (χ1v) is 7.61. The molecule has 4 nitrogen and oxygen atoms in total. The number of benzene rings is 1. The molecule has 0 atom stereocenters. The van der Waals surface area contributed by atoms with Gasteiger partial charge < -0.3 is 10.6 Å². The van der Waals surface area contributed by atoms with Crippen LogP contribution in [0, 0.1) is 0 Å². The molecule has 2 aromatic rings. The zero-order valence-electron chi connectivity index (χ0n) is 12.7. The maximum Gasteiger partial charge on any atom is 0.224 e. The van der Waals surface area contributed by atoms with E-state index < -0.39 is 0 Å². The van der Waals surface area contributed by atoms with Gasteiger partial charge in [0.1, 0.15) is 5.02 Å². The van der Waals surface area contributed by atoms with Gasteiger partial charge in [0.25, 0.3) is 0 Å². The van der Waals surface area contributed by atoms with E-state index in [9.17, 15) is 0 Å². The van der Waals surface area contributed by atoms with Crippen molar-refractivity contribution >= 4 is 29.1 Å². The molecule has 1 aromatic carbocycles. The van der Waals surface area contributed by atoms with Gasteiger partial charge in [-0.3, -0.25) is 0 Å². The normalized spacial score (nSPS) is 10.7. The topological polar surface area (TPSA) is 49.8 Å². The van der Waals surface area contributed by atoms with Crippen molar-refractivity contribution in [2.24, 2.45) is 0 Å². The van der Waals surface area contributed by atoms with Crippen molar-refractivity contribution in [3.8, 4) is 0 Å². The van der Waals surface area contributed by atoms with Crippen molar-refractivity contribution in [2.75, 3.05) is 17.2 Å². The van der Waals surface area contributed by atoms with E-state index in [0.717, 1.165) is 18.7 Å². The first-order valence-electron chi connectivity index (χ1n) is 7.23. The predicted octanol–water partition coefficient (Wildman–Crippen LogP) is 4.82. The Morgan fingerprint density at radius 1 is 1.19 bits per heavy atom. The van der Waals surface area contributed by atoms with Gasteiger partial charge in [0.05, 0.1) is 6.20 Å². The van der Waals surface area contributed by atoms with Crippen LogP contribution >= 0.6 is 11.6 Å². The van der Waals surface area contributed by atoms with Crippen LogP contribution < -0.4 is 10.6 Å². The Bertz CT molecular complexity index is 581. The first-order chi connectivity index (χ1) is 10.1. The second-order valence-corrected chi connectivity index (χ2v) is 5.63. The van der Waals surface area contributed by atoms with Gasteiger partial charge in [0.2, 0.25) is 5.95 Å². The van der Waals surface area contributed by atoms with E-state index in [-0.39, 0.29) is 0 Å². The minimum atomic E-state index is 0.505. The molecule has 0 aliphatic rings. The summed E-state index contributed by atoms with van der Waals surface area (Å²) in [6.45, 7) is 7.29. The molecule has 21 heavy (non-hydrogen) atoms. The van der Waals surface area contributed by atoms with Gasteiger partial charge in [0.15, 0.2) is 5.82 Å². The van der Waals surface area contributed by atoms with Crippen LogP contribution in [-0.4, -0.2) is 16.5 Å². The van der Waals surface area contributed by atoms with Crippen LogP contribution in [0.25, 0.3) is 0 Å². The lowest BCUT2D eigenvalue weighted by Crippen LogP contribution is -2.06. The van der Waals surface area contributed by atoms with E-state index in [1.807, 2.05) is 12.1 Å². The fourth-order valence-corrected chi connectivity index (χ4v) is 2.00. The van der Waals surface area contributed by atoms with Gasteiger partial charge in [-0.15, -0.1) is 0 Å². The maximum atomic E-state index is 6.15. The second kappa shape index (κ2) is 7.27. The number of aromatic nitrogens is 2. The zero-order chi connectivity index (χ0) is 15.2. The van der Waals surface area contributed by atoms with E-state index >= 15 is 0 Å². The second-order valence-electron chi connectivity index (χ2n) is 5.22. The molecule has 0 aliphatic carbocycles. The minimum Gasteiger partial charge on any atom is -0.354 e. The Kier molecular flexibility index (Phi) is 5.39. The van der Waals surface area contributed by atoms with E-state index in [1.165, 1.54) is 5.56 Å². The number of rotatable bonds is 6. The Morgan fingerprint density at radius 3 is 2.52 bits per heavy atom. The van der Waals surface area contributed by atoms with Crippen molar-refractivity contribution in [1.82, 2.24) is 9.97 Å². The molecule has 1 heterocycles. The molecule has 0 saturated carbocycles. The SMILES string of the molecule is CCCNc1ncc(Cl)c(Nc2ccc(C(C)C)cc2)n1. The minimum absolute atomic E-state index is 0.505. The Balaban J connectivity index is 2.14. The van der Waals surface area contributed by atoms with Crippen LogP contribution in [0.15, 0.2) is 30.5 Å². The summed E-state index contributed by atoms with van der Waals surface area (Å²) in [4.78, 5) is 8.56. The van der Waals surface area contributed by atoms with E-state index in [4.69, 9.17) is 11.6 Å². The molecule has 0 spiro atoms. The van der Waals surface area contributed by atoms with E-state index in [0.29, 0.717) is 22.7 Å². The standard InChI is InChI=1S/C16H21ClN4/c1-4-9-18-16-19-10-14(17)15(21-16)20-13-7-5-12(6-8-13)11(2)3/h5-8,10-11H,4,9H2,1-3H3,(H2,18,19,20,21). The molecule has 2 rings (SSSR count). The molecule has 2 N–H and O–H groups in total. The summed E-state index contributed by atoms with van der Waals surface area (Å²) >= 11 is 6.15. The summed E-state index contributed by atoms with van der Waals surface area (Å²) in [5, 5.41) is 6.89. The van der Waals surface area contributed by atoms with E-state index in [2.05, 4.69) is 53.5 Å². The summed E-state index contributed by atoms with van der Waals surface area (Å²) in [7, 11) is 0. The van der Waals surface area contributed by atoms with Gasteiger partial charge in [-0.25, -0.2) is 4.98 Å². The predicted molar refractivity (Wildman–Crippen MR) is 89.6 cm³/mol. The number of hydrogen-bond acceptors (Lipinski definition) is 4. The Labute approximate surface area is 131 Å². The average molecular weight is 305 g/mol. The molecule has 1 aromatic heterocycles. The largest absolute Gasteiger partial charge is 0.354 e. The van der Waals surface area contributed by atoms with Crippen molar-refractivity contribution in [1.29, 1.82) is 0 Å². The van der Waals surface area contributed by atoms with Crippen molar-refractivity contribution in [2.45, 2.75) is 33.1 Å². The number of hydrogen-bond donors (Lipinski definition) is 2. The molecule has 0 unspecified atom stereocenters. The summed E-state index contributed by atoms with van der Waals surface area (Å²) in [6, 6.07) is 8.29. The van der Waals surface area contributed by atoms with Crippen molar-refractivity contribution < 1.29 is 0 Å². The molecule has 112 valence electrons. The van der Waals surface area contributed by atoms with Crippen molar-refractivity contribution in [3.05, 3.63) is 41.0 Å². The van der Waals surface area contributed by atoms with Crippen molar-refractivity contribution in [3.63, 3.8) is 0 Å². The lowest BCUT2D eigenvalue weighted by molar-refractivity contribution is 0.867. The first kappa shape index (κ1) is 15.6. The number of nitrogens with one attached hydrogen (secondary N) is 2. The third-order valence-corrected chi connectivity index (χ3v) is 3.39. The maximum absolute atomic E-state index is 6.15. The van der Waals surface area contributed by atoms with Gasteiger partial charge in [-0.1, -0.05) is 44.5 Å². The third kappa shape index (κ3) is 4.33.